The summed E-state index contributed by atoms with van der Waals surface area (Å²) in [6, 6.07) is 0. The van der Waals surface area contributed by atoms with E-state index in [2.05, 4.69) is 0 Å². The maximum atomic E-state index is 10.9. The van der Waals surface area contributed by atoms with Crippen LogP contribution in [-0.4, -0.2) is 35.9 Å². The normalized spacial score (nSPS) is 16.6. The van der Waals surface area contributed by atoms with Gasteiger partial charge in [-0.25, -0.2) is 0 Å². The number of hydrogen-bond acceptors (Lipinski definition) is 4. The number of rotatable bonds is 4. The van der Waals surface area contributed by atoms with Crippen LogP contribution < -0.4 is 0 Å². The molecule has 0 aromatic heterocycles. The summed E-state index contributed by atoms with van der Waals surface area (Å²) in [4.78, 5) is 0. The topological polar surface area (TPSA) is 109 Å². The number of hydrogen-bond donors (Lipinski definition) is 2. The Morgan fingerprint density at radius 1 is 1.14 bits per heavy atom. The fourth-order valence-electron chi connectivity index (χ4n) is 1.23. The molecule has 0 aliphatic heterocycles. The van der Waals surface area contributed by atoms with E-state index in [1.807, 2.05) is 0 Å². The highest BCUT2D eigenvalue weighted by Gasteiger charge is 2.46. The van der Waals surface area contributed by atoms with Crippen molar-refractivity contribution in [2.24, 2.45) is 0 Å². The summed E-state index contributed by atoms with van der Waals surface area (Å²) in [5.74, 6) is 0. The molecule has 0 radical (unpaired) electrons. The molecule has 0 amide bonds. The Hall–Kier alpha value is -0.180. The lowest BCUT2D eigenvalue weighted by molar-refractivity contribution is 0.405. The highest BCUT2D eigenvalue weighted by atomic mass is 32.2. The molecule has 0 aromatic rings. The fourth-order valence-corrected chi connectivity index (χ4v) is 3.59. The Morgan fingerprint density at radius 3 is 1.57 bits per heavy atom. The molecule has 0 aromatic carbocycles. The van der Waals surface area contributed by atoms with E-state index in [0.717, 1.165) is 13.8 Å². The molecule has 2 N–H and O–H groups in total. The molecule has 1 atom stereocenters. The Labute approximate surface area is 83.8 Å². The van der Waals surface area contributed by atoms with Gasteiger partial charge in [0.05, 0.1) is 0 Å². The Balaban J connectivity index is 5.49. The SMILES string of the molecule is CCC(C(C)(C)S(=O)(=O)O)S(=O)(=O)O. The van der Waals surface area contributed by atoms with E-state index in [-0.39, 0.29) is 6.42 Å². The smallest absolute Gasteiger partial charge is 0.271 e. The molecule has 0 saturated carbocycles. The summed E-state index contributed by atoms with van der Waals surface area (Å²) in [6.45, 7) is 3.50. The monoisotopic (exact) mass is 246 g/mol. The van der Waals surface area contributed by atoms with Gasteiger partial charge in [-0.3, -0.25) is 9.11 Å². The predicted octanol–water partition coefficient (Wildman–Crippen LogP) is 0.319. The minimum absolute atomic E-state index is 0.106. The fraction of sp³-hybridized carbons (Fsp3) is 1.00. The van der Waals surface area contributed by atoms with Gasteiger partial charge >= 0.3 is 0 Å². The molecule has 6 nitrogen and oxygen atoms in total. The van der Waals surface area contributed by atoms with Gasteiger partial charge < -0.3 is 0 Å². The highest BCUT2D eigenvalue weighted by Crippen LogP contribution is 2.27. The van der Waals surface area contributed by atoms with E-state index < -0.39 is 30.2 Å². The lowest BCUT2D eigenvalue weighted by Crippen LogP contribution is -2.47. The van der Waals surface area contributed by atoms with E-state index in [4.69, 9.17) is 9.11 Å². The van der Waals surface area contributed by atoms with Crippen molar-refractivity contribution in [3.63, 3.8) is 0 Å². The van der Waals surface area contributed by atoms with Crippen molar-refractivity contribution in [1.29, 1.82) is 0 Å². The molecule has 8 heteroatoms. The predicted molar refractivity (Wildman–Crippen MR) is 51.3 cm³/mol. The molecule has 0 heterocycles. The molecule has 0 spiro atoms. The first kappa shape index (κ1) is 13.8. The standard InChI is InChI=1S/C6H14O6S2/c1-4-5(13(7,8)9)6(2,3)14(10,11)12/h5H,4H2,1-3H3,(H,7,8,9)(H,10,11,12). The van der Waals surface area contributed by atoms with E-state index in [0.29, 0.717) is 0 Å². The van der Waals surface area contributed by atoms with Crippen molar-refractivity contribution < 1.29 is 25.9 Å². The molecule has 0 aliphatic carbocycles. The lowest BCUT2D eigenvalue weighted by atomic mass is 10.1. The van der Waals surface area contributed by atoms with E-state index >= 15 is 0 Å². The minimum atomic E-state index is -4.54. The largest absolute Gasteiger partial charge is 0.285 e. The van der Waals surface area contributed by atoms with Crippen LogP contribution in [0.15, 0.2) is 0 Å². The lowest BCUT2D eigenvalue weighted by Gasteiger charge is -2.27. The van der Waals surface area contributed by atoms with Crippen molar-refractivity contribution in [2.75, 3.05) is 0 Å². The van der Waals surface area contributed by atoms with E-state index in [1.165, 1.54) is 6.92 Å². The molecule has 0 fully saturated rings. The summed E-state index contributed by atoms with van der Waals surface area (Å²) in [7, 11) is -9.03. The average molecular weight is 246 g/mol. The zero-order valence-corrected chi connectivity index (χ0v) is 9.76. The molecule has 0 saturated heterocycles. The first-order valence-corrected chi connectivity index (χ1v) is 6.82. The summed E-state index contributed by atoms with van der Waals surface area (Å²) < 4.78 is 59.1. The first-order chi connectivity index (χ1) is 5.94. The van der Waals surface area contributed by atoms with Gasteiger partial charge in [0.15, 0.2) is 0 Å². The Kier molecular flexibility index (Phi) is 3.71. The third-order valence-corrected chi connectivity index (χ3v) is 5.58. The summed E-state index contributed by atoms with van der Waals surface area (Å²) in [5.41, 5.74) is 0. The van der Waals surface area contributed by atoms with Crippen LogP contribution in [0.3, 0.4) is 0 Å². The van der Waals surface area contributed by atoms with Crippen molar-refractivity contribution in [2.45, 2.75) is 37.2 Å². The quantitative estimate of drug-likeness (QED) is 0.691. The summed E-state index contributed by atoms with van der Waals surface area (Å²) in [5, 5.41) is -1.54. The average Bonchev–Trinajstić information content (AvgIpc) is 1.80. The van der Waals surface area contributed by atoms with Gasteiger partial charge in [0.1, 0.15) is 10.00 Å². The molecule has 0 bridgehead atoms. The van der Waals surface area contributed by atoms with Gasteiger partial charge in [-0.15, -0.1) is 0 Å². The summed E-state index contributed by atoms with van der Waals surface area (Å²) in [6.07, 6.45) is -0.106. The van der Waals surface area contributed by atoms with Crippen molar-refractivity contribution >= 4 is 20.2 Å². The zero-order chi connectivity index (χ0) is 11.8. The van der Waals surface area contributed by atoms with Crippen LogP contribution in [0.25, 0.3) is 0 Å². The van der Waals surface area contributed by atoms with Gasteiger partial charge in [0, 0.05) is 0 Å². The van der Waals surface area contributed by atoms with Crippen LogP contribution in [0.4, 0.5) is 0 Å². The molecule has 86 valence electrons. The van der Waals surface area contributed by atoms with Crippen LogP contribution in [-0.2, 0) is 20.2 Å². The third kappa shape index (κ3) is 2.66. The molecule has 14 heavy (non-hydrogen) atoms. The first-order valence-electron chi connectivity index (χ1n) is 3.88. The maximum absolute atomic E-state index is 10.9. The van der Waals surface area contributed by atoms with Crippen LogP contribution in [0, 0.1) is 0 Å². The van der Waals surface area contributed by atoms with Crippen LogP contribution >= 0.6 is 0 Å². The van der Waals surface area contributed by atoms with E-state index in [1.54, 1.807) is 0 Å². The van der Waals surface area contributed by atoms with Crippen molar-refractivity contribution in [1.82, 2.24) is 0 Å². The van der Waals surface area contributed by atoms with Gasteiger partial charge in [-0.2, -0.15) is 16.8 Å². The van der Waals surface area contributed by atoms with Gasteiger partial charge in [0.2, 0.25) is 0 Å². The van der Waals surface area contributed by atoms with Gasteiger partial charge in [-0.05, 0) is 20.3 Å². The van der Waals surface area contributed by atoms with Crippen molar-refractivity contribution in [3.8, 4) is 0 Å². The summed E-state index contributed by atoms with van der Waals surface area (Å²) >= 11 is 0. The Bertz CT molecular complexity index is 390. The molecule has 0 rings (SSSR count). The highest BCUT2D eigenvalue weighted by molar-refractivity contribution is 7.91. The Morgan fingerprint density at radius 2 is 1.50 bits per heavy atom. The van der Waals surface area contributed by atoms with Crippen LogP contribution in [0.1, 0.15) is 27.2 Å². The molecular weight excluding hydrogens is 232 g/mol. The van der Waals surface area contributed by atoms with E-state index in [9.17, 15) is 16.8 Å². The van der Waals surface area contributed by atoms with Gasteiger partial charge in [0.25, 0.3) is 20.2 Å². The second kappa shape index (κ2) is 3.76. The van der Waals surface area contributed by atoms with Crippen LogP contribution in [0.2, 0.25) is 0 Å². The third-order valence-electron chi connectivity index (χ3n) is 2.17. The van der Waals surface area contributed by atoms with Gasteiger partial charge in [-0.1, -0.05) is 6.92 Å². The maximum Gasteiger partial charge on any atom is 0.271 e. The van der Waals surface area contributed by atoms with Crippen molar-refractivity contribution in [3.05, 3.63) is 0 Å². The second-order valence-corrected chi connectivity index (χ2v) is 7.09. The second-order valence-electron chi connectivity index (χ2n) is 3.49. The molecule has 1 unspecified atom stereocenters. The minimum Gasteiger partial charge on any atom is -0.285 e. The molecule has 0 aliphatic rings. The van der Waals surface area contributed by atoms with Crippen LogP contribution in [0.5, 0.6) is 0 Å². The zero-order valence-electron chi connectivity index (χ0n) is 8.13. The molecular formula is C6H14O6S2.